The van der Waals surface area contributed by atoms with Crippen LogP contribution in [0.2, 0.25) is 0 Å². The molecule has 1 aromatic heterocycles. The summed E-state index contributed by atoms with van der Waals surface area (Å²) in [6.45, 7) is 6.12. The number of anilines is 3. The molecule has 1 aromatic rings. The summed E-state index contributed by atoms with van der Waals surface area (Å²) in [4.78, 5) is 15.4. The smallest absolute Gasteiger partial charge is 0.231 e. The predicted molar refractivity (Wildman–Crippen MR) is 80.2 cm³/mol. The second kappa shape index (κ2) is 6.69. The summed E-state index contributed by atoms with van der Waals surface area (Å²) in [6.07, 6.45) is 2.36. The lowest BCUT2D eigenvalue weighted by molar-refractivity contribution is 0.226. The third-order valence-electron chi connectivity index (χ3n) is 3.73. The van der Waals surface area contributed by atoms with Crippen molar-refractivity contribution >= 4 is 17.8 Å². The van der Waals surface area contributed by atoms with Crippen molar-refractivity contribution in [1.82, 2.24) is 15.0 Å². The second-order valence-corrected chi connectivity index (χ2v) is 5.32. The molecular weight excluding hydrogens is 256 g/mol. The highest BCUT2D eigenvalue weighted by atomic mass is 16.3. The molecule has 1 saturated heterocycles. The summed E-state index contributed by atoms with van der Waals surface area (Å²) in [5.41, 5.74) is 0. The van der Waals surface area contributed by atoms with Crippen molar-refractivity contribution in [1.29, 1.82) is 0 Å². The lowest BCUT2D eigenvalue weighted by atomic mass is 10.1. The minimum absolute atomic E-state index is 0.0959. The molecule has 7 nitrogen and oxygen atoms in total. The van der Waals surface area contributed by atoms with E-state index in [1.54, 1.807) is 7.05 Å². The van der Waals surface area contributed by atoms with Gasteiger partial charge in [-0.15, -0.1) is 0 Å². The van der Waals surface area contributed by atoms with E-state index in [4.69, 9.17) is 0 Å². The van der Waals surface area contributed by atoms with E-state index in [0.29, 0.717) is 17.8 Å². The van der Waals surface area contributed by atoms with Crippen LogP contribution in [0.15, 0.2) is 0 Å². The van der Waals surface area contributed by atoms with Gasteiger partial charge in [0.25, 0.3) is 0 Å². The van der Waals surface area contributed by atoms with Gasteiger partial charge < -0.3 is 20.6 Å². The number of rotatable bonds is 6. The van der Waals surface area contributed by atoms with Gasteiger partial charge in [-0.1, -0.05) is 6.92 Å². The van der Waals surface area contributed by atoms with Gasteiger partial charge in [-0.25, -0.2) is 0 Å². The van der Waals surface area contributed by atoms with Crippen molar-refractivity contribution in [2.45, 2.75) is 32.7 Å². The fraction of sp³-hybridized carbons (Fsp3) is 0.769. The zero-order chi connectivity index (χ0) is 14.5. The van der Waals surface area contributed by atoms with Gasteiger partial charge in [0.15, 0.2) is 0 Å². The maximum absolute atomic E-state index is 9.20. The van der Waals surface area contributed by atoms with Gasteiger partial charge in [-0.05, 0) is 25.7 Å². The van der Waals surface area contributed by atoms with E-state index in [1.807, 2.05) is 13.8 Å². The Balaban J connectivity index is 2.17. The van der Waals surface area contributed by atoms with Crippen LogP contribution in [0, 0.1) is 5.92 Å². The molecule has 3 N–H and O–H groups in total. The highest BCUT2D eigenvalue weighted by molar-refractivity contribution is 5.44. The molecule has 1 fully saturated rings. The number of aromatic nitrogens is 3. The van der Waals surface area contributed by atoms with E-state index in [-0.39, 0.29) is 18.6 Å². The standard InChI is InChI=1S/C13H24N6O/c1-9(8-20)10(2)15-12-16-11(14-3)17-13(18-12)19-6-4-5-7-19/h9-10,20H,4-8H2,1-3H3,(H2,14,15,16,17,18). The summed E-state index contributed by atoms with van der Waals surface area (Å²) in [5.74, 6) is 1.97. The van der Waals surface area contributed by atoms with Gasteiger partial charge in [0.05, 0.1) is 0 Å². The molecule has 112 valence electrons. The predicted octanol–water partition coefficient (Wildman–Crippen LogP) is 0.942. The minimum atomic E-state index is 0.0959. The van der Waals surface area contributed by atoms with Crippen LogP contribution in [0.5, 0.6) is 0 Å². The molecule has 0 aliphatic carbocycles. The van der Waals surface area contributed by atoms with Crippen molar-refractivity contribution < 1.29 is 5.11 Å². The monoisotopic (exact) mass is 280 g/mol. The molecule has 2 rings (SSSR count). The van der Waals surface area contributed by atoms with Gasteiger partial charge in [0.2, 0.25) is 17.8 Å². The van der Waals surface area contributed by atoms with Gasteiger partial charge in [0.1, 0.15) is 0 Å². The van der Waals surface area contributed by atoms with Crippen LogP contribution in [0.3, 0.4) is 0 Å². The Morgan fingerprint density at radius 2 is 1.80 bits per heavy atom. The Morgan fingerprint density at radius 1 is 1.15 bits per heavy atom. The molecule has 20 heavy (non-hydrogen) atoms. The SMILES string of the molecule is CNc1nc(NC(C)C(C)CO)nc(N2CCCC2)n1. The average molecular weight is 280 g/mol. The first kappa shape index (κ1) is 14.8. The second-order valence-electron chi connectivity index (χ2n) is 5.32. The molecule has 0 saturated carbocycles. The summed E-state index contributed by atoms with van der Waals surface area (Å²) < 4.78 is 0. The molecule has 7 heteroatoms. The van der Waals surface area contributed by atoms with Crippen LogP contribution >= 0.6 is 0 Å². The molecule has 2 unspecified atom stereocenters. The Hall–Kier alpha value is -1.63. The Morgan fingerprint density at radius 3 is 2.40 bits per heavy atom. The highest BCUT2D eigenvalue weighted by Crippen LogP contribution is 2.19. The minimum Gasteiger partial charge on any atom is -0.396 e. The first-order valence-corrected chi connectivity index (χ1v) is 7.20. The molecule has 0 bridgehead atoms. The van der Waals surface area contributed by atoms with Gasteiger partial charge in [-0.2, -0.15) is 15.0 Å². The van der Waals surface area contributed by atoms with Crippen molar-refractivity contribution in [3.63, 3.8) is 0 Å². The van der Waals surface area contributed by atoms with E-state index in [2.05, 4.69) is 30.5 Å². The molecule has 0 radical (unpaired) electrons. The molecule has 0 aromatic carbocycles. The summed E-state index contributed by atoms with van der Waals surface area (Å²) >= 11 is 0. The van der Waals surface area contributed by atoms with Crippen molar-refractivity contribution in [2.75, 3.05) is 42.3 Å². The van der Waals surface area contributed by atoms with Gasteiger partial charge >= 0.3 is 0 Å². The number of hydrogen-bond acceptors (Lipinski definition) is 7. The molecule has 2 atom stereocenters. The first-order valence-electron chi connectivity index (χ1n) is 7.20. The quantitative estimate of drug-likeness (QED) is 0.715. The summed E-state index contributed by atoms with van der Waals surface area (Å²) in [7, 11) is 1.80. The zero-order valence-corrected chi connectivity index (χ0v) is 12.4. The lowest BCUT2D eigenvalue weighted by Crippen LogP contribution is -2.28. The topological polar surface area (TPSA) is 86.2 Å². The zero-order valence-electron chi connectivity index (χ0n) is 12.4. The Kier molecular flexibility index (Phi) is 4.94. The molecule has 0 amide bonds. The third-order valence-corrected chi connectivity index (χ3v) is 3.73. The van der Waals surface area contributed by atoms with E-state index in [9.17, 15) is 5.11 Å². The van der Waals surface area contributed by atoms with E-state index >= 15 is 0 Å². The molecule has 2 heterocycles. The van der Waals surface area contributed by atoms with Crippen LogP contribution in [0.25, 0.3) is 0 Å². The largest absolute Gasteiger partial charge is 0.396 e. The fourth-order valence-electron chi connectivity index (χ4n) is 2.10. The van der Waals surface area contributed by atoms with Gasteiger partial charge in [-0.3, -0.25) is 0 Å². The van der Waals surface area contributed by atoms with Gasteiger partial charge in [0, 0.05) is 32.8 Å². The number of aliphatic hydroxyl groups is 1. The molecular formula is C13H24N6O. The fourth-order valence-corrected chi connectivity index (χ4v) is 2.10. The Labute approximate surface area is 119 Å². The third kappa shape index (κ3) is 3.47. The normalized spacial score (nSPS) is 17.9. The first-order chi connectivity index (χ1) is 9.63. The number of nitrogens with zero attached hydrogens (tertiary/aromatic N) is 4. The van der Waals surface area contributed by atoms with Crippen molar-refractivity contribution in [3.05, 3.63) is 0 Å². The van der Waals surface area contributed by atoms with Crippen LogP contribution < -0.4 is 15.5 Å². The maximum atomic E-state index is 9.20. The van der Waals surface area contributed by atoms with E-state index < -0.39 is 0 Å². The van der Waals surface area contributed by atoms with Crippen LogP contribution in [-0.4, -0.2) is 52.8 Å². The Bertz CT molecular complexity index is 435. The van der Waals surface area contributed by atoms with Crippen molar-refractivity contribution in [3.8, 4) is 0 Å². The van der Waals surface area contributed by atoms with Crippen molar-refractivity contribution in [2.24, 2.45) is 5.92 Å². The maximum Gasteiger partial charge on any atom is 0.231 e. The number of aliphatic hydroxyl groups excluding tert-OH is 1. The molecule has 1 aliphatic rings. The van der Waals surface area contributed by atoms with Crippen LogP contribution in [0.4, 0.5) is 17.8 Å². The average Bonchev–Trinajstić information content (AvgIpc) is 3.00. The summed E-state index contributed by atoms with van der Waals surface area (Å²) in [5, 5.41) is 15.4. The van der Waals surface area contributed by atoms with E-state index in [1.165, 1.54) is 12.8 Å². The highest BCUT2D eigenvalue weighted by Gasteiger charge is 2.18. The summed E-state index contributed by atoms with van der Waals surface area (Å²) in [6, 6.07) is 0.0959. The van der Waals surface area contributed by atoms with E-state index in [0.717, 1.165) is 13.1 Å². The molecule has 0 spiro atoms. The lowest BCUT2D eigenvalue weighted by Gasteiger charge is -2.21. The number of hydrogen-bond donors (Lipinski definition) is 3. The van der Waals surface area contributed by atoms with Crippen LogP contribution in [-0.2, 0) is 0 Å². The molecule has 1 aliphatic heterocycles. The number of nitrogens with one attached hydrogen (secondary N) is 2. The van der Waals surface area contributed by atoms with Crippen LogP contribution in [0.1, 0.15) is 26.7 Å².